The molecular formula is C15H18ClN3O2. The van der Waals surface area contributed by atoms with Crippen LogP contribution in [0.1, 0.15) is 25.7 Å². The fourth-order valence-corrected chi connectivity index (χ4v) is 2.66. The summed E-state index contributed by atoms with van der Waals surface area (Å²) in [5, 5.41) is 12.1. The number of aromatic nitrogens is 2. The predicted octanol–water partition coefficient (Wildman–Crippen LogP) is 3.05. The summed E-state index contributed by atoms with van der Waals surface area (Å²) in [6.07, 6.45) is 2.51. The lowest BCUT2D eigenvalue weighted by Crippen LogP contribution is -2.36. The molecule has 2 aromatic rings. The second-order valence-electron chi connectivity index (χ2n) is 5.20. The molecule has 0 aliphatic carbocycles. The molecule has 1 fully saturated rings. The smallest absolute Gasteiger partial charge is 0.249 e. The maximum atomic E-state index is 6.12. The molecule has 1 N–H and O–H groups in total. The monoisotopic (exact) mass is 307 g/mol. The quantitative estimate of drug-likeness (QED) is 0.920. The number of rotatable bonds is 5. The van der Waals surface area contributed by atoms with Crippen LogP contribution in [-0.2, 0) is 11.3 Å². The van der Waals surface area contributed by atoms with Gasteiger partial charge in [0.15, 0.2) is 0 Å². The van der Waals surface area contributed by atoms with Gasteiger partial charge in [0.25, 0.3) is 0 Å². The Kier molecular flexibility index (Phi) is 4.53. The molecule has 2 heterocycles. The lowest BCUT2D eigenvalue weighted by molar-refractivity contribution is 0.0824. The Morgan fingerprint density at radius 1 is 1.38 bits per heavy atom. The van der Waals surface area contributed by atoms with E-state index in [0.717, 1.165) is 25.0 Å². The van der Waals surface area contributed by atoms with E-state index in [0.29, 0.717) is 23.3 Å². The lowest BCUT2D eigenvalue weighted by atomic mass is 10.1. The normalized spacial score (nSPS) is 19.8. The molecule has 1 aromatic heterocycles. The Morgan fingerprint density at radius 2 is 2.24 bits per heavy atom. The third kappa shape index (κ3) is 3.43. The molecule has 0 bridgehead atoms. The number of hydrogen-bond donors (Lipinski definition) is 1. The van der Waals surface area contributed by atoms with E-state index in [-0.39, 0.29) is 12.1 Å². The fraction of sp³-hybridized carbons (Fsp3) is 0.467. The molecule has 112 valence electrons. The first-order valence-electron chi connectivity index (χ1n) is 7.16. The highest BCUT2D eigenvalue weighted by atomic mass is 35.5. The van der Waals surface area contributed by atoms with Crippen molar-refractivity contribution in [3.05, 3.63) is 35.2 Å². The lowest BCUT2D eigenvalue weighted by Gasteiger charge is -2.18. The molecule has 5 nitrogen and oxygen atoms in total. The van der Waals surface area contributed by atoms with Crippen molar-refractivity contribution in [1.29, 1.82) is 0 Å². The average molecular weight is 308 g/mol. The van der Waals surface area contributed by atoms with Gasteiger partial charge in [0.2, 0.25) is 11.8 Å². The van der Waals surface area contributed by atoms with Gasteiger partial charge in [-0.3, -0.25) is 0 Å². The van der Waals surface area contributed by atoms with Crippen LogP contribution in [0.2, 0.25) is 5.02 Å². The zero-order valence-electron chi connectivity index (χ0n) is 11.9. The predicted molar refractivity (Wildman–Crippen MR) is 80.0 cm³/mol. The third-order valence-electron chi connectivity index (χ3n) is 3.67. The summed E-state index contributed by atoms with van der Waals surface area (Å²) in [7, 11) is 0. The van der Waals surface area contributed by atoms with Gasteiger partial charge in [0.05, 0.1) is 23.2 Å². The molecule has 0 unspecified atom stereocenters. The SMILES string of the molecule is C[C@@H](NCc1nnc(-c2ccccc2Cl)o1)[C@H]1CCCO1. The van der Waals surface area contributed by atoms with Crippen LogP contribution in [0.15, 0.2) is 28.7 Å². The van der Waals surface area contributed by atoms with Crippen LogP contribution in [0.5, 0.6) is 0 Å². The van der Waals surface area contributed by atoms with Crippen molar-refractivity contribution >= 4 is 11.6 Å². The van der Waals surface area contributed by atoms with Crippen molar-refractivity contribution in [2.24, 2.45) is 0 Å². The van der Waals surface area contributed by atoms with E-state index in [1.54, 1.807) is 6.07 Å². The average Bonchev–Trinajstić information content (AvgIpc) is 3.17. The van der Waals surface area contributed by atoms with Crippen LogP contribution in [0.3, 0.4) is 0 Å². The molecule has 0 radical (unpaired) electrons. The second-order valence-corrected chi connectivity index (χ2v) is 5.61. The standard InChI is InChI=1S/C15H18ClN3O2/c1-10(13-7-4-8-20-13)17-9-14-18-19-15(21-14)11-5-2-3-6-12(11)16/h2-3,5-6,10,13,17H,4,7-9H2,1H3/t10-,13-/m1/s1. The van der Waals surface area contributed by atoms with Crippen LogP contribution in [0.25, 0.3) is 11.5 Å². The van der Waals surface area contributed by atoms with Gasteiger partial charge in [-0.15, -0.1) is 10.2 Å². The molecule has 6 heteroatoms. The fourth-order valence-electron chi connectivity index (χ4n) is 2.45. The number of benzene rings is 1. The first-order chi connectivity index (χ1) is 10.2. The Hall–Kier alpha value is -1.43. The second kappa shape index (κ2) is 6.56. The van der Waals surface area contributed by atoms with E-state index in [1.165, 1.54) is 0 Å². The number of nitrogens with one attached hydrogen (secondary N) is 1. The van der Waals surface area contributed by atoms with Crippen LogP contribution < -0.4 is 5.32 Å². The van der Waals surface area contributed by atoms with Gasteiger partial charge < -0.3 is 14.5 Å². The molecule has 21 heavy (non-hydrogen) atoms. The summed E-state index contributed by atoms with van der Waals surface area (Å²) in [6.45, 7) is 3.49. The number of nitrogens with zero attached hydrogens (tertiary/aromatic N) is 2. The molecule has 1 aromatic carbocycles. The molecule has 1 aliphatic rings. The van der Waals surface area contributed by atoms with Crippen LogP contribution in [0.4, 0.5) is 0 Å². The summed E-state index contributed by atoms with van der Waals surface area (Å²) >= 11 is 6.12. The molecule has 2 atom stereocenters. The van der Waals surface area contributed by atoms with E-state index in [4.69, 9.17) is 20.8 Å². The topological polar surface area (TPSA) is 60.2 Å². The Labute approximate surface area is 128 Å². The number of ether oxygens (including phenoxy) is 1. The molecule has 1 saturated heterocycles. The minimum Gasteiger partial charge on any atom is -0.419 e. The van der Waals surface area contributed by atoms with Gasteiger partial charge in [-0.1, -0.05) is 23.7 Å². The van der Waals surface area contributed by atoms with Crippen molar-refractivity contribution in [2.45, 2.75) is 38.5 Å². The summed E-state index contributed by atoms with van der Waals surface area (Å²) < 4.78 is 11.3. The summed E-state index contributed by atoms with van der Waals surface area (Å²) in [6, 6.07) is 7.69. The van der Waals surface area contributed by atoms with Gasteiger partial charge in [-0.2, -0.15) is 0 Å². The van der Waals surface area contributed by atoms with E-state index in [2.05, 4.69) is 22.4 Å². The first-order valence-corrected chi connectivity index (χ1v) is 7.54. The van der Waals surface area contributed by atoms with Crippen molar-refractivity contribution in [3.8, 4) is 11.5 Å². The molecule has 0 saturated carbocycles. The van der Waals surface area contributed by atoms with Crippen LogP contribution >= 0.6 is 11.6 Å². The van der Waals surface area contributed by atoms with E-state index in [1.807, 2.05) is 18.2 Å². The van der Waals surface area contributed by atoms with Gasteiger partial charge in [-0.05, 0) is 31.9 Å². The molecule has 3 rings (SSSR count). The summed E-state index contributed by atoms with van der Waals surface area (Å²) in [5.41, 5.74) is 0.755. The molecular weight excluding hydrogens is 290 g/mol. The largest absolute Gasteiger partial charge is 0.419 e. The van der Waals surface area contributed by atoms with E-state index < -0.39 is 0 Å². The van der Waals surface area contributed by atoms with Crippen molar-refractivity contribution in [1.82, 2.24) is 15.5 Å². The van der Waals surface area contributed by atoms with Gasteiger partial charge in [0, 0.05) is 12.6 Å². The maximum Gasteiger partial charge on any atom is 0.249 e. The zero-order valence-corrected chi connectivity index (χ0v) is 12.6. The van der Waals surface area contributed by atoms with E-state index in [9.17, 15) is 0 Å². The number of hydrogen-bond acceptors (Lipinski definition) is 5. The molecule has 0 spiro atoms. The minimum atomic E-state index is 0.267. The van der Waals surface area contributed by atoms with Crippen molar-refractivity contribution in [3.63, 3.8) is 0 Å². The maximum absolute atomic E-state index is 6.12. The first kappa shape index (κ1) is 14.5. The molecule has 1 aliphatic heterocycles. The third-order valence-corrected chi connectivity index (χ3v) is 4.00. The van der Waals surface area contributed by atoms with Crippen LogP contribution in [0, 0.1) is 0 Å². The molecule has 0 amide bonds. The highest BCUT2D eigenvalue weighted by molar-refractivity contribution is 6.33. The van der Waals surface area contributed by atoms with Gasteiger partial charge >= 0.3 is 0 Å². The highest BCUT2D eigenvalue weighted by Gasteiger charge is 2.22. The van der Waals surface area contributed by atoms with Crippen LogP contribution in [-0.4, -0.2) is 29.0 Å². The van der Waals surface area contributed by atoms with Crippen molar-refractivity contribution < 1.29 is 9.15 Å². The Bertz CT molecular complexity index is 596. The summed E-state index contributed by atoms with van der Waals surface area (Å²) in [4.78, 5) is 0. The minimum absolute atomic E-state index is 0.267. The summed E-state index contributed by atoms with van der Waals surface area (Å²) in [5.74, 6) is 0.997. The Balaban J connectivity index is 1.61. The highest BCUT2D eigenvalue weighted by Crippen LogP contribution is 2.26. The van der Waals surface area contributed by atoms with Gasteiger partial charge in [-0.25, -0.2) is 0 Å². The van der Waals surface area contributed by atoms with E-state index >= 15 is 0 Å². The number of halogens is 1. The Morgan fingerprint density at radius 3 is 3.00 bits per heavy atom. The van der Waals surface area contributed by atoms with Crippen molar-refractivity contribution in [2.75, 3.05) is 6.61 Å². The van der Waals surface area contributed by atoms with Gasteiger partial charge in [0.1, 0.15) is 0 Å². The zero-order chi connectivity index (χ0) is 14.7.